The quantitative estimate of drug-likeness (QED) is 0.382. The van der Waals surface area contributed by atoms with Gasteiger partial charge in [-0.25, -0.2) is 4.79 Å². The van der Waals surface area contributed by atoms with Gasteiger partial charge in [-0.2, -0.15) is 0 Å². The van der Waals surface area contributed by atoms with Crippen LogP contribution in [0.25, 0.3) is 0 Å². The Balaban J connectivity index is 5.22. The number of nitrogens with one attached hydrogen (secondary N) is 3. The van der Waals surface area contributed by atoms with Crippen molar-refractivity contribution < 1.29 is 19.5 Å². The summed E-state index contributed by atoms with van der Waals surface area (Å²) in [6, 6.07) is 0. The smallest absolute Gasteiger partial charge is 0.404 e. The molecule has 0 rings (SSSR count). The van der Waals surface area contributed by atoms with E-state index < -0.39 is 17.2 Å². The second kappa shape index (κ2) is 9.17. The van der Waals surface area contributed by atoms with Crippen LogP contribution in [0, 0.1) is 0 Å². The van der Waals surface area contributed by atoms with E-state index >= 15 is 0 Å². The molecule has 132 valence electrons. The second-order valence-corrected chi connectivity index (χ2v) is 6.63. The van der Waals surface area contributed by atoms with Crippen LogP contribution in [0.5, 0.6) is 0 Å². The summed E-state index contributed by atoms with van der Waals surface area (Å²) < 4.78 is 0. The third-order valence-corrected chi connectivity index (χ3v) is 3.17. The second-order valence-electron chi connectivity index (χ2n) is 6.63. The molecule has 0 aromatic rings. The lowest BCUT2D eigenvalue weighted by Crippen LogP contribution is -2.61. The average molecular weight is 327 g/mol. The monoisotopic (exact) mass is 327 g/mol. The van der Waals surface area contributed by atoms with Gasteiger partial charge in [0.25, 0.3) is 0 Å². The summed E-state index contributed by atoms with van der Waals surface area (Å²) >= 11 is 0. The molecule has 0 saturated carbocycles. The molecule has 0 aliphatic carbocycles. The molecule has 0 spiro atoms. The van der Waals surface area contributed by atoms with Gasteiger partial charge in [0.1, 0.15) is 5.54 Å². The first-order chi connectivity index (χ1) is 10.5. The molecule has 0 bridgehead atoms. The molecule has 0 aliphatic rings. The molecule has 23 heavy (non-hydrogen) atoms. The van der Waals surface area contributed by atoms with E-state index in [1.54, 1.807) is 6.08 Å². The standard InChI is InChI=1S/C16H29N3O4/c1-6-7-9-16(18-12(2)20,10-8-11-17-14(22)23)13(21)19-15(3,4)5/h6,17H,1,7-11H2,2-5H3,(H,18,20)(H,19,21)(H,22,23). The SMILES string of the molecule is C=CCCC(CCCNC(=O)O)(NC(C)=O)C(=O)NC(C)(C)C. The Morgan fingerprint density at radius 1 is 1.13 bits per heavy atom. The number of allylic oxidation sites excluding steroid dienone is 1. The molecular weight excluding hydrogens is 298 g/mol. The highest BCUT2D eigenvalue weighted by Crippen LogP contribution is 2.22. The molecule has 7 nitrogen and oxygen atoms in total. The zero-order valence-corrected chi connectivity index (χ0v) is 14.5. The van der Waals surface area contributed by atoms with Crippen LogP contribution in [-0.2, 0) is 9.59 Å². The van der Waals surface area contributed by atoms with E-state index in [0.717, 1.165) is 0 Å². The summed E-state index contributed by atoms with van der Waals surface area (Å²) in [6.45, 7) is 10.8. The van der Waals surface area contributed by atoms with Gasteiger partial charge < -0.3 is 21.1 Å². The van der Waals surface area contributed by atoms with E-state index in [4.69, 9.17) is 5.11 Å². The number of amides is 3. The molecule has 0 radical (unpaired) electrons. The molecule has 0 aromatic heterocycles. The largest absolute Gasteiger partial charge is 0.465 e. The zero-order chi connectivity index (χ0) is 18.1. The molecule has 1 unspecified atom stereocenters. The van der Waals surface area contributed by atoms with Gasteiger partial charge in [-0.1, -0.05) is 6.08 Å². The maximum absolute atomic E-state index is 12.8. The van der Waals surface area contributed by atoms with Gasteiger partial charge in [-0.15, -0.1) is 6.58 Å². The highest BCUT2D eigenvalue weighted by Gasteiger charge is 2.39. The fourth-order valence-electron chi connectivity index (χ4n) is 2.26. The normalized spacial score (nSPS) is 13.6. The fraction of sp³-hybridized carbons (Fsp3) is 0.688. The van der Waals surface area contributed by atoms with E-state index in [0.29, 0.717) is 25.7 Å². The number of carboxylic acid groups (broad SMARTS) is 1. The van der Waals surface area contributed by atoms with Crippen molar-refractivity contribution in [1.29, 1.82) is 0 Å². The molecule has 0 fully saturated rings. The summed E-state index contributed by atoms with van der Waals surface area (Å²) in [5.41, 5.74) is -1.51. The Bertz CT molecular complexity index is 443. The minimum Gasteiger partial charge on any atom is -0.465 e. The topological polar surface area (TPSA) is 108 Å². The summed E-state index contributed by atoms with van der Waals surface area (Å²) in [6.07, 6.45) is 2.32. The fourth-order valence-corrected chi connectivity index (χ4v) is 2.26. The number of carbonyl (C=O) groups is 3. The van der Waals surface area contributed by atoms with Crippen molar-refractivity contribution in [2.75, 3.05) is 6.54 Å². The molecule has 0 aliphatic heterocycles. The first-order valence-electron chi connectivity index (χ1n) is 7.71. The Kier molecular flexibility index (Phi) is 8.35. The molecule has 4 N–H and O–H groups in total. The molecule has 7 heteroatoms. The molecule has 0 saturated heterocycles. The lowest BCUT2D eigenvalue weighted by atomic mass is 9.85. The van der Waals surface area contributed by atoms with Crippen molar-refractivity contribution in [2.24, 2.45) is 0 Å². The van der Waals surface area contributed by atoms with Crippen LogP contribution >= 0.6 is 0 Å². The van der Waals surface area contributed by atoms with Crippen molar-refractivity contribution in [1.82, 2.24) is 16.0 Å². The molecule has 1 atom stereocenters. The Labute approximate surface area is 137 Å². The van der Waals surface area contributed by atoms with Crippen LogP contribution in [0.3, 0.4) is 0 Å². The van der Waals surface area contributed by atoms with E-state index in [9.17, 15) is 14.4 Å². The number of hydrogen-bond acceptors (Lipinski definition) is 3. The number of hydrogen-bond donors (Lipinski definition) is 4. The zero-order valence-electron chi connectivity index (χ0n) is 14.5. The Hall–Kier alpha value is -2.05. The highest BCUT2D eigenvalue weighted by atomic mass is 16.4. The van der Waals surface area contributed by atoms with Gasteiger partial charge in [-0.05, 0) is 46.5 Å². The van der Waals surface area contributed by atoms with Crippen molar-refractivity contribution >= 4 is 17.9 Å². The van der Waals surface area contributed by atoms with Crippen molar-refractivity contribution in [3.05, 3.63) is 12.7 Å². The van der Waals surface area contributed by atoms with Gasteiger partial charge in [-0.3, -0.25) is 9.59 Å². The van der Waals surface area contributed by atoms with Crippen molar-refractivity contribution in [3.63, 3.8) is 0 Å². The van der Waals surface area contributed by atoms with Crippen LogP contribution < -0.4 is 16.0 Å². The van der Waals surface area contributed by atoms with Gasteiger partial charge in [0, 0.05) is 19.0 Å². The Morgan fingerprint density at radius 3 is 2.17 bits per heavy atom. The van der Waals surface area contributed by atoms with E-state index in [1.165, 1.54) is 6.92 Å². The maximum atomic E-state index is 12.8. The molecule has 0 aromatic carbocycles. The molecular formula is C16H29N3O4. The first-order valence-corrected chi connectivity index (χ1v) is 7.71. The summed E-state index contributed by atoms with van der Waals surface area (Å²) in [5.74, 6) is -0.568. The summed E-state index contributed by atoms with van der Waals surface area (Å²) in [4.78, 5) is 34.9. The first kappa shape index (κ1) is 20.9. The van der Waals surface area contributed by atoms with Gasteiger partial charge >= 0.3 is 6.09 Å². The van der Waals surface area contributed by atoms with Crippen molar-refractivity contribution in [3.8, 4) is 0 Å². The lowest BCUT2D eigenvalue weighted by Gasteiger charge is -2.36. The number of carbonyl (C=O) groups excluding carboxylic acids is 2. The van der Waals surface area contributed by atoms with Gasteiger partial charge in [0.05, 0.1) is 0 Å². The van der Waals surface area contributed by atoms with Crippen LogP contribution in [0.15, 0.2) is 12.7 Å². The molecule has 0 heterocycles. The molecule has 3 amide bonds. The van der Waals surface area contributed by atoms with Gasteiger partial charge in [0.2, 0.25) is 11.8 Å². The van der Waals surface area contributed by atoms with Gasteiger partial charge in [0.15, 0.2) is 0 Å². The Morgan fingerprint density at radius 2 is 1.74 bits per heavy atom. The van der Waals surface area contributed by atoms with Crippen LogP contribution in [-0.4, -0.2) is 40.6 Å². The minimum absolute atomic E-state index is 0.216. The summed E-state index contributed by atoms with van der Waals surface area (Å²) in [7, 11) is 0. The predicted octanol–water partition coefficient (Wildman–Crippen LogP) is 1.79. The number of rotatable bonds is 9. The third kappa shape index (κ3) is 8.85. The predicted molar refractivity (Wildman–Crippen MR) is 89.1 cm³/mol. The minimum atomic E-state index is -1.11. The van der Waals surface area contributed by atoms with E-state index in [2.05, 4.69) is 22.5 Å². The van der Waals surface area contributed by atoms with Crippen LogP contribution in [0.4, 0.5) is 4.79 Å². The van der Waals surface area contributed by atoms with E-state index in [1.807, 2.05) is 20.8 Å². The third-order valence-electron chi connectivity index (χ3n) is 3.17. The summed E-state index contributed by atoms with van der Waals surface area (Å²) in [5, 5.41) is 16.5. The lowest BCUT2D eigenvalue weighted by molar-refractivity contribution is -0.134. The average Bonchev–Trinajstić information content (AvgIpc) is 2.37. The van der Waals surface area contributed by atoms with E-state index in [-0.39, 0.29) is 18.4 Å². The van der Waals surface area contributed by atoms with Crippen LogP contribution in [0.2, 0.25) is 0 Å². The highest BCUT2D eigenvalue weighted by molar-refractivity contribution is 5.91. The van der Waals surface area contributed by atoms with Crippen molar-refractivity contribution in [2.45, 2.75) is 64.5 Å². The van der Waals surface area contributed by atoms with Crippen LogP contribution in [0.1, 0.15) is 53.4 Å². The maximum Gasteiger partial charge on any atom is 0.404 e.